The smallest absolute Gasteiger partial charge is 0.275 e. The van der Waals surface area contributed by atoms with Crippen LogP contribution < -0.4 is 10.6 Å². The van der Waals surface area contributed by atoms with Gasteiger partial charge >= 0.3 is 0 Å². The summed E-state index contributed by atoms with van der Waals surface area (Å²) in [5.41, 5.74) is 1.42. The van der Waals surface area contributed by atoms with Crippen LogP contribution in [0.15, 0.2) is 67.0 Å². The normalized spacial score (nSPS) is 10.2. The van der Waals surface area contributed by atoms with E-state index in [-0.39, 0.29) is 24.0 Å². The van der Waals surface area contributed by atoms with E-state index in [0.717, 1.165) is 0 Å². The van der Waals surface area contributed by atoms with Gasteiger partial charge in [-0.3, -0.25) is 4.79 Å². The highest BCUT2D eigenvalue weighted by molar-refractivity contribution is 6.02. The molecule has 120 valence electrons. The van der Waals surface area contributed by atoms with Crippen molar-refractivity contribution in [1.82, 2.24) is 9.97 Å². The van der Waals surface area contributed by atoms with Crippen molar-refractivity contribution in [3.05, 3.63) is 84.1 Å². The summed E-state index contributed by atoms with van der Waals surface area (Å²) in [5, 5.41) is 5.70. The topological polar surface area (TPSA) is 66.9 Å². The van der Waals surface area contributed by atoms with Gasteiger partial charge in [0.05, 0.1) is 12.4 Å². The fraction of sp³-hybridized carbons (Fsp3) is 0.0556. The van der Waals surface area contributed by atoms with Gasteiger partial charge in [-0.15, -0.1) is 0 Å². The molecule has 2 aromatic carbocycles. The molecular weight excluding hydrogens is 307 g/mol. The average Bonchev–Trinajstić information content (AvgIpc) is 2.62. The summed E-state index contributed by atoms with van der Waals surface area (Å²) in [6.45, 7) is 0.289. The van der Waals surface area contributed by atoms with E-state index < -0.39 is 0 Å². The van der Waals surface area contributed by atoms with Crippen LogP contribution in [0.2, 0.25) is 0 Å². The summed E-state index contributed by atoms with van der Waals surface area (Å²) in [5.74, 6) is -0.152. The lowest BCUT2D eigenvalue weighted by Crippen LogP contribution is -2.14. The number of nitrogens with one attached hydrogen (secondary N) is 2. The SMILES string of the molecule is O=C(Nc1ccccc1)c1cnc(NCc2ccccc2F)cn1. The Morgan fingerprint density at radius 1 is 0.958 bits per heavy atom. The van der Waals surface area contributed by atoms with Gasteiger partial charge in [-0.05, 0) is 18.2 Å². The first kappa shape index (κ1) is 15.6. The highest BCUT2D eigenvalue weighted by atomic mass is 19.1. The van der Waals surface area contributed by atoms with E-state index in [4.69, 9.17) is 0 Å². The second-order valence-electron chi connectivity index (χ2n) is 5.05. The maximum atomic E-state index is 13.5. The third-order valence-electron chi connectivity index (χ3n) is 3.33. The molecule has 1 heterocycles. The molecule has 0 aliphatic rings. The Balaban J connectivity index is 1.61. The van der Waals surface area contributed by atoms with Crippen LogP contribution in [-0.2, 0) is 6.54 Å². The Morgan fingerprint density at radius 3 is 2.42 bits per heavy atom. The Labute approximate surface area is 138 Å². The molecule has 0 saturated heterocycles. The van der Waals surface area contributed by atoms with E-state index in [1.54, 1.807) is 30.3 Å². The van der Waals surface area contributed by atoms with Gasteiger partial charge in [0.15, 0.2) is 0 Å². The number of amides is 1. The molecule has 0 fully saturated rings. The summed E-state index contributed by atoms with van der Waals surface area (Å²) in [6, 6.07) is 15.6. The van der Waals surface area contributed by atoms with Gasteiger partial charge in [-0.2, -0.15) is 0 Å². The van der Waals surface area contributed by atoms with E-state index >= 15 is 0 Å². The minimum atomic E-state index is -0.339. The Hall–Kier alpha value is -3.28. The maximum absolute atomic E-state index is 13.5. The van der Waals surface area contributed by atoms with E-state index in [2.05, 4.69) is 20.6 Å². The number of para-hydroxylation sites is 1. The molecule has 0 radical (unpaired) electrons. The minimum Gasteiger partial charge on any atom is -0.365 e. The lowest BCUT2D eigenvalue weighted by Gasteiger charge is -2.07. The fourth-order valence-corrected chi connectivity index (χ4v) is 2.08. The summed E-state index contributed by atoms with van der Waals surface area (Å²) in [7, 11) is 0. The van der Waals surface area contributed by atoms with Gasteiger partial charge in [0.1, 0.15) is 17.3 Å². The Kier molecular flexibility index (Phi) is 4.76. The third-order valence-corrected chi connectivity index (χ3v) is 3.33. The van der Waals surface area contributed by atoms with Crippen molar-refractivity contribution < 1.29 is 9.18 Å². The van der Waals surface area contributed by atoms with Gasteiger partial charge in [0.2, 0.25) is 0 Å². The highest BCUT2D eigenvalue weighted by Gasteiger charge is 2.08. The first-order chi connectivity index (χ1) is 11.7. The van der Waals surface area contributed by atoms with Crippen molar-refractivity contribution >= 4 is 17.4 Å². The molecule has 1 amide bonds. The molecule has 24 heavy (non-hydrogen) atoms. The number of halogens is 1. The fourth-order valence-electron chi connectivity index (χ4n) is 2.08. The number of hydrogen-bond acceptors (Lipinski definition) is 4. The van der Waals surface area contributed by atoms with Gasteiger partial charge in [0, 0.05) is 17.8 Å². The zero-order valence-corrected chi connectivity index (χ0v) is 12.7. The zero-order chi connectivity index (χ0) is 16.8. The summed E-state index contributed by atoms with van der Waals surface area (Å²) in [6.07, 6.45) is 2.82. The van der Waals surface area contributed by atoms with Gasteiger partial charge in [0.25, 0.3) is 5.91 Å². The van der Waals surface area contributed by atoms with Crippen molar-refractivity contribution in [2.24, 2.45) is 0 Å². The number of anilines is 2. The van der Waals surface area contributed by atoms with E-state index in [9.17, 15) is 9.18 Å². The largest absolute Gasteiger partial charge is 0.365 e. The molecule has 0 bridgehead atoms. The lowest BCUT2D eigenvalue weighted by atomic mass is 10.2. The molecule has 2 N–H and O–H groups in total. The summed E-state index contributed by atoms with van der Waals surface area (Å²) < 4.78 is 13.5. The number of aromatic nitrogens is 2. The number of rotatable bonds is 5. The van der Waals surface area contributed by atoms with E-state index in [0.29, 0.717) is 17.1 Å². The summed E-state index contributed by atoms with van der Waals surface area (Å²) in [4.78, 5) is 20.3. The predicted molar refractivity (Wildman–Crippen MR) is 90.2 cm³/mol. The van der Waals surface area contributed by atoms with Crippen molar-refractivity contribution in [3.63, 3.8) is 0 Å². The van der Waals surface area contributed by atoms with Crippen molar-refractivity contribution in [2.45, 2.75) is 6.54 Å². The molecule has 0 aliphatic carbocycles. The number of carbonyl (C=O) groups is 1. The molecule has 0 unspecified atom stereocenters. The Morgan fingerprint density at radius 2 is 1.71 bits per heavy atom. The van der Waals surface area contributed by atoms with E-state index in [1.807, 2.05) is 18.2 Å². The maximum Gasteiger partial charge on any atom is 0.275 e. The molecule has 3 rings (SSSR count). The van der Waals surface area contributed by atoms with E-state index in [1.165, 1.54) is 18.5 Å². The van der Waals surface area contributed by atoms with Crippen LogP contribution in [0.1, 0.15) is 16.1 Å². The monoisotopic (exact) mass is 322 g/mol. The molecule has 0 aliphatic heterocycles. The van der Waals surface area contributed by atoms with Crippen LogP contribution in [0.4, 0.5) is 15.9 Å². The lowest BCUT2D eigenvalue weighted by molar-refractivity contribution is 0.102. The first-order valence-corrected chi connectivity index (χ1v) is 7.38. The molecule has 1 aromatic heterocycles. The minimum absolute atomic E-state index is 0.204. The zero-order valence-electron chi connectivity index (χ0n) is 12.7. The third kappa shape index (κ3) is 3.92. The van der Waals surface area contributed by atoms with Gasteiger partial charge in [-0.25, -0.2) is 14.4 Å². The molecule has 5 nitrogen and oxygen atoms in total. The number of carbonyl (C=O) groups excluding carboxylic acids is 1. The van der Waals surface area contributed by atoms with Crippen LogP contribution in [0, 0.1) is 5.82 Å². The summed E-state index contributed by atoms with van der Waals surface area (Å²) >= 11 is 0. The molecule has 0 saturated carbocycles. The van der Waals surface area contributed by atoms with Gasteiger partial charge in [-0.1, -0.05) is 36.4 Å². The van der Waals surface area contributed by atoms with Crippen LogP contribution in [0.3, 0.4) is 0 Å². The second kappa shape index (κ2) is 7.32. The van der Waals surface area contributed by atoms with Crippen LogP contribution in [0.25, 0.3) is 0 Å². The Bertz CT molecular complexity index is 822. The number of nitrogens with zero attached hydrogens (tertiary/aromatic N) is 2. The molecule has 0 spiro atoms. The molecule has 0 atom stereocenters. The average molecular weight is 322 g/mol. The van der Waals surface area contributed by atoms with Crippen LogP contribution in [0.5, 0.6) is 0 Å². The van der Waals surface area contributed by atoms with Gasteiger partial charge < -0.3 is 10.6 Å². The number of hydrogen-bond donors (Lipinski definition) is 2. The standard InChI is InChI=1S/C18H15FN4O/c19-15-9-5-4-6-13(15)10-21-17-12-20-16(11-22-17)18(24)23-14-7-2-1-3-8-14/h1-9,11-12H,10H2,(H,21,22)(H,23,24). The van der Waals surface area contributed by atoms with Crippen molar-refractivity contribution in [2.75, 3.05) is 10.6 Å². The van der Waals surface area contributed by atoms with Crippen molar-refractivity contribution in [1.29, 1.82) is 0 Å². The second-order valence-corrected chi connectivity index (χ2v) is 5.05. The quantitative estimate of drug-likeness (QED) is 0.755. The predicted octanol–water partition coefficient (Wildman–Crippen LogP) is 3.48. The highest BCUT2D eigenvalue weighted by Crippen LogP contribution is 2.10. The van der Waals surface area contributed by atoms with Crippen LogP contribution in [-0.4, -0.2) is 15.9 Å². The van der Waals surface area contributed by atoms with Crippen LogP contribution >= 0.6 is 0 Å². The number of benzene rings is 2. The molecule has 6 heteroatoms. The molecular formula is C18H15FN4O. The molecule has 3 aromatic rings. The first-order valence-electron chi connectivity index (χ1n) is 7.38. The van der Waals surface area contributed by atoms with Crippen molar-refractivity contribution in [3.8, 4) is 0 Å².